The van der Waals surface area contributed by atoms with Crippen LogP contribution in [-0.4, -0.2) is 50.3 Å². The van der Waals surface area contributed by atoms with Crippen LogP contribution >= 0.6 is 11.6 Å². The topological polar surface area (TPSA) is 78.4 Å². The fourth-order valence-corrected chi connectivity index (χ4v) is 7.18. The summed E-state index contributed by atoms with van der Waals surface area (Å²) >= 11 is 6.06. The van der Waals surface area contributed by atoms with Crippen molar-refractivity contribution in [1.82, 2.24) is 9.97 Å². The number of aryl methyl sites for hydroxylation is 1. The summed E-state index contributed by atoms with van der Waals surface area (Å²) in [5.41, 5.74) is 3.24. The molecule has 0 bridgehead atoms. The average Bonchev–Trinajstić information content (AvgIpc) is 3.36. The molecular formula is C25H29ClN4O2S. The van der Waals surface area contributed by atoms with Crippen LogP contribution in [0.15, 0.2) is 35.2 Å². The van der Waals surface area contributed by atoms with Gasteiger partial charge in [-0.1, -0.05) is 29.8 Å². The Morgan fingerprint density at radius 3 is 2.70 bits per heavy atom. The third kappa shape index (κ3) is 3.88. The largest absolute Gasteiger partial charge is 0.394 e. The molecule has 3 atom stereocenters. The van der Waals surface area contributed by atoms with E-state index in [1.165, 1.54) is 11.1 Å². The van der Waals surface area contributed by atoms with Crippen LogP contribution in [-0.2, 0) is 17.2 Å². The fraction of sp³-hybridized carbons (Fsp3) is 0.520. The van der Waals surface area contributed by atoms with Gasteiger partial charge in [0.05, 0.1) is 28.6 Å². The Hall–Kier alpha value is -1.96. The third-order valence-electron chi connectivity index (χ3n) is 7.78. The molecule has 2 aliphatic heterocycles. The maximum absolute atomic E-state index is 12.9. The summed E-state index contributed by atoms with van der Waals surface area (Å²) in [7, 11) is -1.09. The van der Waals surface area contributed by atoms with Gasteiger partial charge in [-0.2, -0.15) is 4.98 Å². The molecule has 1 saturated heterocycles. The van der Waals surface area contributed by atoms with Gasteiger partial charge in [-0.05, 0) is 73.6 Å². The van der Waals surface area contributed by atoms with E-state index in [9.17, 15) is 9.32 Å². The highest BCUT2D eigenvalue weighted by atomic mass is 35.5. The molecule has 4 aliphatic rings. The number of hydrogen-bond donors (Lipinski definition) is 2. The lowest BCUT2D eigenvalue weighted by Crippen LogP contribution is -2.49. The molecule has 3 unspecified atom stereocenters. The van der Waals surface area contributed by atoms with Gasteiger partial charge in [-0.15, -0.1) is 0 Å². The Balaban J connectivity index is 1.27. The lowest BCUT2D eigenvalue weighted by molar-refractivity contribution is 0.143. The Morgan fingerprint density at radius 1 is 1.18 bits per heavy atom. The number of rotatable bonds is 5. The Kier molecular flexibility index (Phi) is 5.46. The SMILES string of the molecule is O=S1CCCc2nc(N3CC4C=C(c5ccc(Cl)cc5)CC4C3)nc(NC3(CO)CCC3)c21. The highest BCUT2D eigenvalue weighted by molar-refractivity contribution is 7.85. The smallest absolute Gasteiger partial charge is 0.227 e. The van der Waals surface area contributed by atoms with Gasteiger partial charge >= 0.3 is 0 Å². The van der Waals surface area contributed by atoms with Crippen molar-refractivity contribution in [2.24, 2.45) is 11.8 Å². The van der Waals surface area contributed by atoms with E-state index < -0.39 is 10.8 Å². The van der Waals surface area contributed by atoms with E-state index in [0.29, 0.717) is 23.4 Å². The Morgan fingerprint density at radius 2 is 2.00 bits per heavy atom. The highest BCUT2D eigenvalue weighted by Gasteiger charge is 2.40. The van der Waals surface area contributed by atoms with Crippen LogP contribution in [0.25, 0.3) is 5.57 Å². The fourth-order valence-electron chi connectivity index (χ4n) is 5.72. The van der Waals surface area contributed by atoms with E-state index in [0.717, 1.165) is 73.2 Å². The molecule has 2 N–H and O–H groups in total. The van der Waals surface area contributed by atoms with E-state index in [4.69, 9.17) is 21.6 Å². The van der Waals surface area contributed by atoms with E-state index in [1.807, 2.05) is 12.1 Å². The van der Waals surface area contributed by atoms with E-state index in [1.54, 1.807) is 0 Å². The Bertz CT molecular complexity index is 1130. The van der Waals surface area contributed by atoms with Crippen LogP contribution in [0.2, 0.25) is 5.02 Å². The molecule has 33 heavy (non-hydrogen) atoms. The number of allylic oxidation sites excluding steroid dienone is 1. The van der Waals surface area contributed by atoms with Gasteiger partial charge in [0.15, 0.2) is 0 Å². The molecule has 1 aromatic carbocycles. The molecular weight excluding hydrogens is 456 g/mol. The van der Waals surface area contributed by atoms with Crippen LogP contribution in [0.5, 0.6) is 0 Å². The molecule has 3 heterocycles. The van der Waals surface area contributed by atoms with Crippen molar-refractivity contribution in [3.8, 4) is 0 Å². The number of nitrogens with zero attached hydrogens (tertiary/aromatic N) is 3. The summed E-state index contributed by atoms with van der Waals surface area (Å²) in [6.07, 6.45) is 8.10. The van der Waals surface area contributed by atoms with Gasteiger partial charge in [-0.25, -0.2) is 4.98 Å². The number of aliphatic hydroxyl groups is 1. The van der Waals surface area contributed by atoms with Crippen LogP contribution in [0.4, 0.5) is 11.8 Å². The zero-order valence-corrected chi connectivity index (χ0v) is 20.2. The molecule has 1 saturated carbocycles. The molecule has 6 rings (SSSR count). The summed E-state index contributed by atoms with van der Waals surface area (Å²) in [6, 6.07) is 8.13. The van der Waals surface area contributed by atoms with Gasteiger partial charge < -0.3 is 15.3 Å². The maximum atomic E-state index is 12.9. The van der Waals surface area contributed by atoms with Crippen LogP contribution < -0.4 is 10.2 Å². The maximum Gasteiger partial charge on any atom is 0.227 e. The molecule has 1 aromatic heterocycles. The first-order valence-corrected chi connectivity index (χ1v) is 13.6. The molecule has 6 nitrogen and oxygen atoms in total. The van der Waals surface area contributed by atoms with Crippen LogP contribution in [0.3, 0.4) is 0 Å². The quantitative estimate of drug-likeness (QED) is 0.666. The molecule has 2 aliphatic carbocycles. The minimum Gasteiger partial charge on any atom is -0.394 e. The highest BCUT2D eigenvalue weighted by Crippen LogP contribution is 2.43. The number of nitrogens with one attached hydrogen (secondary N) is 1. The van der Waals surface area contributed by atoms with Crippen molar-refractivity contribution in [3.63, 3.8) is 0 Å². The first-order valence-electron chi connectivity index (χ1n) is 11.9. The lowest BCUT2D eigenvalue weighted by atomic mass is 9.77. The van der Waals surface area contributed by atoms with Gasteiger partial charge in [0, 0.05) is 23.9 Å². The van der Waals surface area contributed by atoms with Crippen LogP contribution in [0, 0.1) is 11.8 Å². The first kappa shape index (κ1) is 21.6. The molecule has 8 heteroatoms. The van der Waals surface area contributed by atoms with Crippen LogP contribution in [0.1, 0.15) is 43.4 Å². The lowest BCUT2D eigenvalue weighted by Gasteiger charge is -2.42. The van der Waals surface area contributed by atoms with Crippen molar-refractivity contribution < 1.29 is 9.32 Å². The molecule has 0 spiro atoms. The molecule has 2 fully saturated rings. The number of anilines is 2. The molecule has 0 radical (unpaired) electrons. The monoisotopic (exact) mass is 484 g/mol. The number of aliphatic hydroxyl groups excluding tert-OH is 1. The second-order valence-electron chi connectivity index (χ2n) is 9.95. The van der Waals surface area contributed by atoms with Gasteiger partial charge in [0.2, 0.25) is 5.95 Å². The average molecular weight is 485 g/mol. The van der Waals surface area contributed by atoms with Crippen molar-refractivity contribution in [1.29, 1.82) is 0 Å². The van der Waals surface area contributed by atoms with E-state index in [-0.39, 0.29) is 12.1 Å². The summed E-state index contributed by atoms with van der Waals surface area (Å²) in [4.78, 5) is 12.9. The van der Waals surface area contributed by atoms with E-state index in [2.05, 4.69) is 28.4 Å². The van der Waals surface area contributed by atoms with E-state index >= 15 is 0 Å². The summed E-state index contributed by atoms with van der Waals surface area (Å²) in [6.45, 7) is 1.89. The summed E-state index contributed by atoms with van der Waals surface area (Å²) < 4.78 is 12.9. The number of hydrogen-bond acceptors (Lipinski definition) is 6. The third-order valence-corrected chi connectivity index (χ3v) is 9.57. The second-order valence-corrected chi connectivity index (χ2v) is 11.9. The minimum absolute atomic E-state index is 0.0693. The minimum atomic E-state index is -1.09. The number of benzene rings is 1. The summed E-state index contributed by atoms with van der Waals surface area (Å²) in [5.74, 6) is 3.10. The standard InChI is InChI=1S/C25H29ClN4O2S/c26-20-6-4-16(5-7-20)17-11-18-13-30(14-19(18)12-17)24-27-21-3-1-10-33(32)22(21)23(28-24)29-25(15-31)8-2-9-25/h4-7,11,18-19,31H,1-3,8-10,12-15H2,(H,27,28,29). The zero-order valence-electron chi connectivity index (χ0n) is 18.6. The first-order chi connectivity index (χ1) is 16.0. The van der Waals surface area contributed by atoms with Crippen molar-refractivity contribution in [2.75, 3.05) is 35.7 Å². The molecule has 0 amide bonds. The van der Waals surface area contributed by atoms with Crippen molar-refractivity contribution in [3.05, 3.63) is 46.6 Å². The molecule has 2 aromatic rings. The van der Waals surface area contributed by atoms with Crippen molar-refractivity contribution in [2.45, 2.75) is 49.0 Å². The van der Waals surface area contributed by atoms with Crippen molar-refractivity contribution >= 4 is 39.7 Å². The second kappa shape index (κ2) is 8.36. The normalized spacial score (nSPS) is 27.5. The Labute approximate surface area is 201 Å². The zero-order chi connectivity index (χ0) is 22.6. The van der Waals surface area contributed by atoms with Gasteiger partial charge in [0.1, 0.15) is 10.7 Å². The number of halogens is 1. The van der Waals surface area contributed by atoms with Gasteiger partial charge in [-0.3, -0.25) is 4.21 Å². The number of fused-ring (bicyclic) bond motifs is 2. The number of aromatic nitrogens is 2. The predicted octanol–water partition coefficient (Wildman–Crippen LogP) is 4.05. The summed E-state index contributed by atoms with van der Waals surface area (Å²) in [5, 5.41) is 14.3. The predicted molar refractivity (Wildman–Crippen MR) is 132 cm³/mol. The van der Waals surface area contributed by atoms with Gasteiger partial charge in [0.25, 0.3) is 0 Å². The molecule has 174 valence electrons.